The van der Waals surface area contributed by atoms with Crippen LogP contribution < -0.4 is 15.6 Å². The summed E-state index contributed by atoms with van der Waals surface area (Å²) in [7, 11) is 0. The summed E-state index contributed by atoms with van der Waals surface area (Å²) in [5, 5.41) is 2.86. The predicted octanol–water partition coefficient (Wildman–Crippen LogP) is 3.83. The van der Waals surface area contributed by atoms with Crippen molar-refractivity contribution in [1.29, 1.82) is 0 Å². The number of nitrogens with zero attached hydrogens (tertiary/aromatic N) is 2. The summed E-state index contributed by atoms with van der Waals surface area (Å²) in [4.78, 5) is 29.3. The second-order valence-corrected chi connectivity index (χ2v) is 6.58. The topological polar surface area (TPSA) is 72.7 Å². The standard InChI is InChI=1S/C23H19N3O3/c1-16-8-7-13-26-21(27)14-18(24-22(16)26)15-29-20-12-6-5-11-19(20)25-23(28)17-9-3-2-4-10-17/h2-14H,15H2,1H3,(H,25,28). The molecule has 0 saturated heterocycles. The maximum atomic E-state index is 12.4. The third-order valence-electron chi connectivity index (χ3n) is 4.49. The summed E-state index contributed by atoms with van der Waals surface area (Å²) in [5.74, 6) is 0.280. The predicted molar refractivity (Wildman–Crippen MR) is 111 cm³/mol. The molecule has 2 aromatic heterocycles. The number of carbonyl (C=O) groups excluding carboxylic acids is 1. The Morgan fingerprint density at radius 2 is 1.79 bits per heavy atom. The molecule has 0 atom stereocenters. The lowest BCUT2D eigenvalue weighted by atomic mass is 10.2. The molecule has 2 aromatic carbocycles. The number of ether oxygens (including phenoxy) is 1. The van der Waals surface area contributed by atoms with E-state index in [0.717, 1.165) is 5.56 Å². The van der Waals surface area contributed by atoms with Crippen LogP contribution in [0.2, 0.25) is 0 Å². The van der Waals surface area contributed by atoms with Gasteiger partial charge in [0.05, 0.1) is 11.4 Å². The van der Waals surface area contributed by atoms with Crippen LogP contribution in [0.5, 0.6) is 5.75 Å². The number of nitrogens with one attached hydrogen (secondary N) is 1. The van der Waals surface area contributed by atoms with Crippen molar-refractivity contribution in [3.05, 3.63) is 106 Å². The molecule has 0 fully saturated rings. The first-order valence-corrected chi connectivity index (χ1v) is 9.18. The van der Waals surface area contributed by atoms with Gasteiger partial charge in [0.25, 0.3) is 11.5 Å². The summed E-state index contributed by atoms with van der Waals surface area (Å²) in [6.45, 7) is 2.01. The van der Waals surface area contributed by atoms with Gasteiger partial charge in [-0.2, -0.15) is 0 Å². The highest BCUT2D eigenvalue weighted by Crippen LogP contribution is 2.25. The molecule has 4 rings (SSSR count). The van der Waals surface area contributed by atoms with Crippen LogP contribution in [0.15, 0.2) is 83.8 Å². The molecular weight excluding hydrogens is 366 g/mol. The Labute approximate surface area is 167 Å². The molecule has 1 amide bonds. The van der Waals surface area contributed by atoms with Crippen LogP contribution in [0.3, 0.4) is 0 Å². The number of pyridine rings is 1. The highest BCUT2D eigenvalue weighted by Gasteiger charge is 2.11. The van der Waals surface area contributed by atoms with Crippen LogP contribution in [0.4, 0.5) is 5.69 Å². The SMILES string of the molecule is Cc1cccn2c(=O)cc(COc3ccccc3NC(=O)c3ccccc3)nc12. The van der Waals surface area contributed by atoms with E-state index in [-0.39, 0.29) is 18.1 Å². The average Bonchev–Trinajstić information content (AvgIpc) is 2.74. The molecule has 4 aromatic rings. The van der Waals surface area contributed by atoms with Crippen molar-refractivity contribution in [2.24, 2.45) is 0 Å². The molecule has 0 spiro atoms. The Morgan fingerprint density at radius 3 is 2.62 bits per heavy atom. The highest BCUT2D eigenvalue weighted by atomic mass is 16.5. The van der Waals surface area contributed by atoms with Gasteiger partial charge >= 0.3 is 0 Å². The number of hydrogen-bond acceptors (Lipinski definition) is 4. The number of amides is 1. The number of aromatic nitrogens is 2. The van der Waals surface area contributed by atoms with Gasteiger partial charge in [-0.15, -0.1) is 0 Å². The maximum Gasteiger partial charge on any atom is 0.258 e. The second kappa shape index (κ2) is 7.98. The van der Waals surface area contributed by atoms with Gasteiger partial charge in [0.1, 0.15) is 18.0 Å². The molecule has 6 heteroatoms. The third kappa shape index (κ3) is 4.01. The molecule has 0 aliphatic rings. The van der Waals surface area contributed by atoms with E-state index in [1.807, 2.05) is 49.4 Å². The van der Waals surface area contributed by atoms with Gasteiger partial charge in [0, 0.05) is 17.8 Å². The zero-order valence-electron chi connectivity index (χ0n) is 15.8. The van der Waals surface area contributed by atoms with E-state index in [4.69, 9.17) is 4.74 Å². The van der Waals surface area contributed by atoms with Crippen molar-refractivity contribution in [3.63, 3.8) is 0 Å². The van der Waals surface area contributed by atoms with Gasteiger partial charge < -0.3 is 10.1 Å². The number of para-hydroxylation sites is 2. The first-order valence-electron chi connectivity index (χ1n) is 9.18. The Balaban J connectivity index is 1.55. The van der Waals surface area contributed by atoms with Gasteiger partial charge in [-0.05, 0) is 42.8 Å². The zero-order chi connectivity index (χ0) is 20.2. The minimum Gasteiger partial charge on any atom is -0.485 e. The Kier molecular flexibility index (Phi) is 5.07. The first-order chi connectivity index (χ1) is 14.1. The second-order valence-electron chi connectivity index (χ2n) is 6.58. The third-order valence-corrected chi connectivity index (χ3v) is 4.49. The van der Waals surface area contributed by atoms with Crippen molar-refractivity contribution < 1.29 is 9.53 Å². The van der Waals surface area contributed by atoms with E-state index < -0.39 is 0 Å². The van der Waals surface area contributed by atoms with Crippen molar-refractivity contribution in [2.75, 3.05) is 5.32 Å². The Hall–Kier alpha value is -3.93. The normalized spacial score (nSPS) is 10.7. The minimum atomic E-state index is -0.223. The fourth-order valence-electron chi connectivity index (χ4n) is 3.01. The van der Waals surface area contributed by atoms with E-state index in [1.54, 1.807) is 30.5 Å². The van der Waals surface area contributed by atoms with Crippen LogP contribution in [0.1, 0.15) is 21.6 Å². The van der Waals surface area contributed by atoms with Crippen molar-refractivity contribution in [2.45, 2.75) is 13.5 Å². The molecule has 0 aliphatic heterocycles. The van der Waals surface area contributed by atoms with E-state index in [1.165, 1.54) is 10.5 Å². The molecule has 0 aliphatic carbocycles. The first kappa shape index (κ1) is 18.4. The number of aryl methyl sites for hydroxylation is 1. The maximum absolute atomic E-state index is 12.4. The van der Waals surface area contributed by atoms with Crippen molar-refractivity contribution >= 4 is 17.2 Å². The Morgan fingerprint density at radius 1 is 1.03 bits per heavy atom. The summed E-state index contributed by atoms with van der Waals surface area (Å²) >= 11 is 0. The van der Waals surface area contributed by atoms with Gasteiger partial charge in [0.2, 0.25) is 0 Å². The van der Waals surface area contributed by atoms with Gasteiger partial charge in [-0.25, -0.2) is 4.98 Å². The van der Waals surface area contributed by atoms with Gasteiger partial charge in [0.15, 0.2) is 0 Å². The summed E-state index contributed by atoms with van der Waals surface area (Å²) in [6, 6.07) is 21.3. The van der Waals surface area contributed by atoms with Crippen LogP contribution in [0, 0.1) is 6.92 Å². The minimum absolute atomic E-state index is 0.109. The van der Waals surface area contributed by atoms with Crippen LogP contribution in [-0.4, -0.2) is 15.3 Å². The number of fused-ring (bicyclic) bond motifs is 1. The molecule has 2 heterocycles. The fraction of sp³-hybridized carbons (Fsp3) is 0.0870. The molecule has 0 radical (unpaired) electrons. The molecule has 0 unspecified atom stereocenters. The molecule has 0 saturated carbocycles. The monoisotopic (exact) mass is 385 g/mol. The highest BCUT2D eigenvalue weighted by molar-refractivity contribution is 6.04. The molecule has 0 bridgehead atoms. The number of hydrogen-bond donors (Lipinski definition) is 1. The van der Waals surface area contributed by atoms with E-state index >= 15 is 0 Å². The summed E-state index contributed by atoms with van der Waals surface area (Å²) in [5.41, 5.74) is 2.97. The number of carbonyl (C=O) groups is 1. The van der Waals surface area contributed by atoms with Gasteiger partial charge in [-0.3, -0.25) is 14.0 Å². The lowest BCUT2D eigenvalue weighted by Crippen LogP contribution is -2.17. The number of rotatable bonds is 5. The molecule has 144 valence electrons. The van der Waals surface area contributed by atoms with E-state index in [0.29, 0.717) is 28.3 Å². The number of benzene rings is 2. The molecule has 6 nitrogen and oxygen atoms in total. The molecule has 29 heavy (non-hydrogen) atoms. The lowest BCUT2D eigenvalue weighted by molar-refractivity contribution is 0.102. The van der Waals surface area contributed by atoms with E-state index in [9.17, 15) is 9.59 Å². The van der Waals surface area contributed by atoms with Crippen molar-refractivity contribution in [3.8, 4) is 5.75 Å². The zero-order valence-corrected chi connectivity index (χ0v) is 15.8. The summed E-state index contributed by atoms with van der Waals surface area (Å²) < 4.78 is 7.39. The molecular formula is C23H19N3O3. The lowest BCUT2D eigenvalue weighted by Gasteiger charge is -2.13. The van der Waals surface area contributed by atoms with E-state index in [2.05, 4.69) is 10.3 Å². The smallest absolute Gasteiger partial charge is 0.258 e. The largest absolute Gasteiger partial charge is 0.485 e. The van der Waals surface area contributed by atoms with Crippen molar-refractivity contribution in [1.82, 2.24) is 9.38 Å². The quantitative estimate of drug-likeness (QED) is 0.567. The summed E-state index contributed by atoms with van der Waals surface area (Å²) in [6.07, 6.45) is 1.69. The Bertz CT molecular complexity index is 1230. The average molecular weight is 385 g/mol. The van der Waals surface area contributed by atoms with Crippen LogP contribution in [0.25, 0.3) is 5.65 Å². The van der Waals surface area contributed by atoms with Crippen LogP contribution >= 0.6 is 0 Å². The fourth-order valence-corrected chi connectivity index (χ4v) is 3.01. The number of anilines is 1. The molecule has 1 N–H and O–H groups in total. The van der Waals surface area contributed by atoms with Gasteiger partial charge in [-0.1, -0.05) is 36.4 Å². The van der Waals surface area contributed by atoms with Crippen LogP contribution in [-0.2, 0) is 6.61 Å².